The lowest BCUT2D eigenvalue weighted by Gasteiger charge is -2.18. The van der Waals surface area contributed by atoms with Crippen LogP contribution in [0.1, 0.15) is 432 Å². The first-order chi connectivity index (χ1) is 41.0. The Bertz CT molecular complexity index is 1340. The number of unbranched alkanes of at least 4 members (excludes halogenated alkanes) is 56. The molecule has 0 fully saturated rings. The van der Waals surface area contributed by atoms with Crippen molar-refractivity contribution in [3.05, 3.63) is 24.3 Å². The third-order valence-electron chi connectivity index (χ3n) is 17.5. The summed E-state index contributed by atoms with van der Waals surface area (Å²) in [6.07, 6.45) is 89.5. The monoisotopic (exact) mass is 1170 g/mol. The number of hydrogen-bond acceptors (Lipinski definition) is 6. The van der Waals surface area contributed by atoms with E-state index in [1.807, 2.05) is 0 Å². The van der Waals surface area contributed by atoms with E-state index in [0.29, 0.717) is 19.3 Å². The van der Waals surface area contributed by atoms with Crippen LogP contribution in [0.5, 0.6) is 0 Å². The summed E-state index contributed by atoms with van der Waals surface area (Å²) in [4.78, 5) is 38.5. The Hall–Kier alpha value is -2.11. The van der Waals surface area contributed by atoms with Crippen LogP contribution in [0.3, 0.4) is 0 Å². The Morgan fingerprint density at radius 3 is 0.675 bits per heavy atom. The Morgan fingerprint density at radius 1 is 0.241 bits per heavy atom. The van der Waals surface area contributed by atoms with Gasteiger partial charge in [-0.25, -0.2) is 0 Å². The van der Waals surface area contributed by atoms with Crippen LogP contribution in [-0.2, 0) is 28.6 Å². The topological polar surface area (TPSA) is 78.9 Å². The highest BCUT2D eigenvalue weighted by molar-refractivity contribution is 5.71. The maximum atomic E-state index is 13.0. The van der Waals surface area contributed by atoms with Crippen molar-refractivity contribution in [1.82, 2.24) is 0 Å². The van der Waals surface area contributed by atoms with E-state index in [1.165, 1.54) is 321 Å². The fourth-order valence-electron chi connectivity index (χ4n) is 11.8. The van der Waals surface area contributed by atoms with Gasteiger partial charge >= 0.3 is 17.9 Å². The Morgan fingerprint density at radius 2 is 0.434 bits per heavy atom. The van der Waals surface area contributed by atoms with Crippen LogP contribution in [0.15, 0.2) is 24.3 Å². The largest absolute Gasteiger partial charge is 0.462 e. The molecule has 0 aliphatic rings. The van der Waals surface area contributed by atoms with Crippen LogP contribution >= 0.6 is 0 Å². The molecule has 1 unspecified atom stereocenters. The van der Waals surface area contributed by atoms with E-state index in [-0.39, 0.29) is 31.1 Å². The van der Waals surface area contributed by atoms with Gasteiger partial charge in [0.05, 0.1) is 0 Å². The first-order valence-electron chi connectivity index (χ1n) is 37.8. The predicted octanol–water partition coefficient (Wildman–Crippen LogP) is 26.1. The fourth-order valence-corrected chi connectivity index (χ4v) is 11.8. The minimum Gasteiger partial charge on any atom is -0.462 e. The summed E-state index contributed by atoms with van der Waals surface area (Å²) in [7, 11) is 0. The summed E-state index contributed by atoms with van der Waals surface area (Å²) in [5, 5.41) is 0. The van der Waals surface area contributed by atoms with Gasteiger partial charge in [0.15, 0.2) is 6.10 Å². The van der Waals surface area contributed by atoms with Crippen molar-refractivity contribution in [1.29, 1.82) is 0 Å². The van der Waals surface area contributed by atoms with Gasteiger partial charge in [-0.15, -0.1) is 0 Å². The van der Waals surface area contributed by atoms with Crippen molar-refractivity contribution in [2.75, 3.05) is 13.2 Å². The van der Waals surface area contributed by atoms with Crippen LogP contribution in [0.4, 0.5) is 0 Å². The second-order valence-electron chi connectivity index (χ2n) is 25.9. The molecule has 0 aliphatic carbocycles. The van der Waals surface area contributed by atoms with Crippen LogP contribution in [0.2, 0.25) is 0 Å². The minimum absolute atomic E-state index is 0.0680. The van der Waals surface area contributed by atoms with E-state index in [4.69, 9.17) is 14.2 Å². The molecule has 0 rings (SSSR count). The molecule has 490 valence electrons. The number of allylic oxidation sites excluding steroid dienone is 4. The van der Waals surface area contributed by atoms with Gasteiger partial charge in [-0.05, 0) is 51.4 Å². The molecule has 0 saturated carbocycles. The van der Waals surface area contributed by atoms with E-state index in [9.17, 15) is 14.4 Å². The Balaban J connectivity index is 4.14. The molecule has 0 saturated heterocycles. The summed E-state index contributed by atoms with van der Waals surface area (Å²) < 4.78 is 17.0. The van der Waals surface area contributed by atoms with E-state index < -0.39 is 6.10 Å². The molecule has 0 aromatic carbocycles. The van der Waals surface area contributed by atoms with Gasteiger partial charge in [-0.3, -0.25) is 14.4 Å². The highest BCUT2D eigenvalue weighted by Crippen LogP contribution is 2.20. The molecule has 6 nitrogen and oxygen atoms in total. The standard InChI is InChI=1S/C77H146O6/c1-4-7-10-13-16-19-22-25-28-30-32-33-34-35-36-37-38-39-40-41-42-43-44-45-47-49-52-55-58-61-64-67-70-76(79)82-73-74(72-81-75(78)69-66-63-60-57-54-51-48-27-24-21-18-15-12-9-6-3)83-77(80)71-68-65-62-59-56-53-50-46-31-29-26-23-20-17-14-11-8-5-2/h20,23,29,31,74H,4-19,21-22,24-28,30,32-73H2,1-3H3/b23-20-,31-29-. The molecule has 0 heterocycles. The molecule has 0 bridgehead atoms. The molecular weight excluding hydrogens is 1020 g/mol. The maximum absolute atomic E-state index is 13.0. The molecule has 0 aliphatic heterocycles. The number of ether oxygens (including phenoxy) is 3. The third kappa shape index (κ3) is 70.5. The van der Waals surface area contributed by atoms with Gasteiger partial charge in [-0.1, -0.05) is 385 Å². The smallest absolute Gasteiger partial charge is 0.306 e. The van der Waals surface area contributed by atoms with Crippen molar-refractivity contribution in [2.45, 2.75) is 438 Å². The van der Waals surface area contributed by atoms with Crippen molar-refractivity contribution in [2.24, 2.45) is 0 Å². The summed E-state index contributed by atoms with van der Waals surface area (Å²) in [5.74, 6) is -0.841. The quantitative estimate of drug-likeness (QED) is 0.0261. The van der Waals surface area contributed by atoms with Gasteiger partial charge in [-0.2, -0.15) is 0 Å². The lowest BCUT2D eigenvalue weighted by Crippen LogP contribution is -2.30. The van der Waals surface area contributed by atoms with Gasteiger partial charge in [0.25, 0.3) is 0 Å². The van der Waals surface area contributed by atoms with E-state index in [0.717, 1.165) is 70.6 Å². The van der Waals surface area contributed by atoms with E-state index in [1.54, 1.807) is 0 Å². The van der Waals surface area contributed by atoms with Crippen LogP contribution in [0, 0.1) is 0 Å². The van der Waals surface area contributed by atoms with Crippen LogP contribution < -0.4 is 0 Å². The summed E-state index contributed by atoms with van der Waals surface area (Å²) in [5.41, 5.74) is 0. The third-order valence-corrected chi connectivity index (χ3v) is 17.5. The van der Waals surface area contributed by atoms with Crippen molar-refractivity contribution < 1.29 is 28.6 Å². The minimum atomic E-state index is -0.773. The molecule has 83 heavy (non-hydrogen) atoms. The predicted molar refractivity (Wildman–Crippen MR) is 363 cm³/mol. The molecule has 0 radical (unpaired) electrons. The van der Waals surface area contributed by atoms with Gasteiger partial charge in [0, 0.05) is 19.3 Å². The second kappa shape index (κ2) is 72.4. The number of esters is 3. The number of carbonyl (C=O) groups excluding carboxylic acids is 3. The zero-order chi connectivity index (χ0) is 59.9. The average molecular weight is 1170 g/mol. The SMILES string of the molecule is CCCCCC/C=C\C/C=C\CCCCCCCCCC(=O)OC(COC(=O)CCCCCCCCCCCCCCCCC)COC(=O)CCCCCCCCCCCCCCCCCCCCCCCCCCCCCCCCCC. The number of hydrogen-bond donors (Lipinski definition) is 0. The molecule has 0 amide bonds. The number of carbonyl (C=O) groups is 3. The molecule has 1 atom stereocenters. The second-order valence-corrected chi connectivity index (χ2v) is 25.9. The lowest BCUT2D eigenvalue weighted by atomic mass is 10.0. The summed E-state index contributed by atoms with van der Waals surface area (Å²) >= 11 is 0. The van der Waals surface area contributed by atoms with Crippen molar-refractivity contribution >= 4 is 17.9 Å². The zero-order valence-corrected chi connectivity index (χ0v) is 56.5. The van der Waals surface area contributed by atoms with Crippen LogP contribution in [-0.4, -0.2) is 37.2 Å². The summed E-state index contributed by atoms with van der Waals surface area (Å²) in [6.45, 7) is 6.71. The van der Waals surface area contributed by atoms with Crippen LogP contribution in [0.25, 0.3) is 0 Å². The highest BCUT2D eigenvalue weighted by Gasteiger charge is 2.20. The van der Waals surface area contributed by atoms with Crippen molar-refractivity contribution in [3.8, 4) is 0 Å². The first kappa shape index (κ1) is 80.9. The molecule has 0 aromatic rings. The van der Waals surface area contributed by atoms with Gasteiger partial charge in [0.2, 0.25) is 0 Å². The summed E-state index contributed by atoms with van der Waals surface area (Å²) in [6, 6.07) is 0. The average Bonchev–Trinajstić information content (AvgIpc) is 3.50. The molecule has 0 N–H and O–H groups in total. The van der Waals surface area contributed by atoms with Gasteiger partial charge < -0.3 is 14.2 Å². The lowest BCUT2D eigenvalue weighted by molar-refractivity contribution is -0.167. The molecular formula is C77H146O6. The number of rotatable bonds is 71. The highest BCUT2D eigenvalue weighted by atomic mass is 16.6. The van der Waals surface area contributed by atoms with E-state index in [2.05, 4.69) is 45.1 Å². The maximum Gasteiger partial charge on any atom is 0.306 e. The molecule has 6 heteroatoms. The first-order valence-corrected chi connectivity index (χ1v) is 37.8. The fraction of sp³-hybridized carbons (Fsp3) is 0.909. The van der Waals surface area contributed by atoms with Crippen molar-refractivity contribution in [3.63, 3.8) is 0 Å². The zero-order valence-electron chi connectivity index (χ0n) is 56.5. The molecule has 0 spiro atoms. The Labute approximate surface area is 519 Å². The van der Waals surface area contributed by atoms with E-state index >= 15 is 0 Å². The Kier molecular flexibility index (Phi) is 70.5. The normalized spacial score (nSPS) is 12.1. The molecule has 0 aromatic heterocycles. The van der Waals surface area contributed by atoms with Gasteiger partial charge in [0.1, 0.15) is 13.2 Å².